The summed E-state index contributed by atoms with van der Waals surface area (Å²) in [6.45, 7) is 2.18. The lowest BCUT2D eigenvalue weighted by Crippen LogP contribution is -2.35. The minimum Gasteiger partial charge on any atom is -0.396 e. The van der Waals surface area contributed by atoms with Crippen LogP contribution in [0.4, 0.5) is 15.8 Å². The van der Waals surface area contributed by atoms with E-state index in [2.05, 4.69) is 10.6 Å². The molecule has 1 aliphatic carbocycles. The molecule has 0 aliphatic heterocycles. The Kier molecular flexibility index (Phi) is 5.17. The van der Waals surface area contributed by atoms with Crippen LogP contribution in [-0.2, 0) is 4.79 Å². The number of halogens is 1. The van der Waals surface area contributed by atoms with Crippen LogP contribution in [0.15, 0.2) is 18.2 Å². The summed E-state index contributed by atoms with van der Waals surface area (Å²) in [5.41, 5.74) is 0.841. The second-order valence-electron chi connectivity index (χ2n) is 5.95. The van der Waals surface area contributed by atoms with Gasteiger partial charge >= 0.3 is 0 Å². The van der Waals surface area contributed by atoms with E-state index in [1.807, 2.05) is 0 Å². The molecular weight excluding hydrogens is 271 g/mol. The second kappa shape index (κ2) is 6.89. The van der Waals surface area contributed by atoms with Gasteiger partial charge in [-0.25, -0.2) is 4.39 Å². The van der Waals surface area contributed by atoms with Crippen LogP contribution in [0.25, 0.3) is 0 Å². The minimum absolute atomic E-state index is 0.0825. The number of hydrogen-bond acceptors (Lipinski definition) is 3. The molecule has 0 saturated heterocycles. The molecule has 1 aromatic carbocycles. The third-order valence-corrected chi connectivity index (χ3v) is 4.19. The predicted octanol–water partition coefficient (Wildman–Crippen LogP) is 3.14. The van der Waals surface area contributed by atoms with Crippen LogP contribution in [0.5, 0.6) is 0 Å². The Balaban J connectivity index is 2.03. The highest BCUT2D eigenvalue weighted by atomic mass is 19.1. The Labute approximate surface area is 124 Å². The number of aliphatic hydroxyl groups is 1. The lowest BCUT2D eigenvalue weighted by Gasteiger charge is -2.36. The van der Waals surface area contributed by atoms with Crippen molar-refractivity contribution in [2.45, 2.75) is 39.0 Å². The maximum Gasteiger partial charge on any atom is 0.221 e. The predicted molar refractivity (Wildman–Crippen MR) is 81.8 cm³/mol. The van der Waals surface area contributed by atoms with Crippen molar-refractivity contribution in [3.05, 3.63) is 24.0 Å². The first-order valence-corrected chi connectivity index (χ1v) is 7.47. The van der Waals surface area contributed by atoms with Crippen LogP contribution >= 0.6 is 0 Å². The zero-order valence-electron chi connectivity index (χ0n) is 12.4. The van der Waals surface area contributed by atoms with Gasteiger partial charge in [-0.05, 0) is 31.0 Å². The molecule has 1 aromatic rings. The van der Waals surface area contributed by atoms with Gasteiger partial charge in [-0.3, -0.25) is 4.79 Å². The summed E-state index contributed by atoms with van der Waals surface area (Å²) in [5.74, 6) is -0.754. The van der Waals surface area contributed by atoms with Gasteiger partial charge in [-0.1, -0.05) is 19.3 Å². The average molecular weight is 294 g/mol. The normalized spacial score (nSPS) is 17.3. The number of amides is 1. The van der Waals surface area contributed by atoms with Crippen molar-refractivity contribution in [1.82, 2.24) is 0 Å². The molecule has 3 N–H and O–H groups in total. The van der Waals surface area contributed by atoms with Crippen molar-refractivity contribution in [1.29, 1.82) is 0 Å². The summed E-state index contributed by atoms with van der Waals surface area (Å²) in [5, 5.41) is 15.4. The summed E-state index contributed by atoms with van der Waals surface area (Å²) in [6.07, 6.45) is 5.53. The SMILES string of the molecule is CC(=O)Nc1cc(NCC2(CO)CCCCC2)ccc1F. The average Bonchev–Trinajstić information content (AvgIpc) is 2.48. The maximum atomic E-state index is 13.6. The first kappa shape index (κ1) is 15.8. The Hall–Kier alpha value is -1.62. The maximum absolute atomic E-state index is 13.6. The molecule has 5 heteroatoms. The van der Waals surface area contributed by atoms with Crippen LogP contribution in [0.2, 0.25) is 0 Å². The van der Waals surface area contributed by atoms with Crippen molar-refractivity contribution in [2.75, 3.05) is 23.8 Å². The molecule has 1 fully saturated rings. The molecular formula is C16H23FN2O2. The van der Waals surface area contributed by atoms with E-state index in [-0.39, 0.29) is 23.6 Å². The van der Waals surface area contributed by atoms with E-state index < -0.39 is 5.82 Å². The quantitative estimate of drug-likeness (QED) is 0.782. The Bertz CT molecular complexity index is 499. The fourth-order valence-electron chi connectivity index (χ4n) is 2.90. The molecule has 1 saturated carbocycles. The Morgan fingerprint density at radius 2 is 2.05 bits per heavy atom. The number of carbonyl (C=O) groups is 1. The summed E-state index contributed by atoms with van der Waals surface area (Å²) in [4.78, 5) is 11.0. The number of nitrogens with one attached hydrogen (secondary N) is 2. The molecule has 0 atom stereocenters. The molecule has 1 amide bonds. The van der Waals surface area contributed by atoms with E-state index in [0.29, 0.717) is 6.54 Å². The van der Waals surface area contributed by atoms with Crippen molar-refractivity contribution < 1.29 is 14.3 Å². The van der Waals surface area contributed by atoms with E-state index in [9.17, 15) is 14.3 Å². The number of benzene rings is 1. The zero-order valence-corrected chi connectivity index (χ0v) is 12.4. The Morgan fingerprint density at radius 3 is 2.67 bits per heavy atom. The molecule has 1 aliphatic rings. The van der Waals surface area contributed by atoms with Crippen LogP contribution < -0.4 is 10.6 Å². The molecule has 116 valence electrons. The second-order valence-corrected chi connectivity index (χ2v) is 5.95. The summed E-state index contributed by atoms with van der Waals surface area (Å²) in [7, 11) is 0. The van der Waals surface area contributed by atoms with Gasteiger partial charge in [-0.2, -0.15) is 0 Å². The van der Waals surface area contributed by atoms with E-state index in [1.54, 1.807) is 12.1 Å². The fourth-order valence-corrected chi connectivity index (χ4v) is 2.90. The molecule has 2 rings (SSSR count). The van der Waals surface area contributed by atoms with Crippen molar-refractivity contribution in [3.8, 4) is 0 Å². The number of anilines is 2. The fraction of sp³-hybridized carbons (Fsp3) is 0.562. The van der Waals surface area contributed by atoms with Crippen LogP contribution in [0.3, 0.4) is 0 Å². The van der Waals surface area contributed by atoms with Gasteiger partial charge in [0.2, 0.25) is 5.91 Å². The largest absolute Gasteiger partial charge is 0.396 e. The topological polar surface area (TPSA) is 61.4 Å². The molecule has 0 heterocycles. The third kappa shape index (κ3) is 4.17. The smallest absolute Gasteiger partial charge is 0.221 e. The highest BCUT2D eigenvalue weighted by molar-refractivity contribution is 5.89. The van der Waals surface area contributed by atoms with Gasteiger partial charge in [0.15, 0.2) is 0 Å². The number of rotatable bonds is 5. The molecule has 0 radical (unpaired) electrons. The van der Waals surface area contributed by atoms with Gasteiger partial charge in [-0.15, -0.1) is 0 Å². The standard InChI is InChI=1S/C16H23FN2O2/c1-12(21)19-15-9-13(5-6-14(15)17)18-10-16(11-20)7-3-2-4-8-16/h5-6,9,18,20H,2-4,7-8,10-11H2,1H3,(H,19,21). The van der Waals surface area contributed by atoms with Gasteiger partial charge < -0.3 is 15.7 Å². The van der Waals surface area contributed by atoms with Crippen LogP contribution in [0.1, 0.15) is 39.0 Å². The van der Waals surface area contributed by atoms with Crippen molar-refractivity contribution in [2.24, 2.45) is 5.41 Å². The van der Waals surface area contributed by atoms with Gasteiger partial charge in [0, 0.05) is 24.6 Å². The van der Waals surface area contributed by atoms with Crippen molar-refractivity contribution >= 4 is 17.3 Å². The van der Waals surface area contributed by atoms with Gasteiger partial charge in [0.05, 0.1) is 12.3 Å². The van der Waals surface area contributed by atoms with E-state index >= 15 is 0 Å². The molecule has 21 heavy (non-hydrogen) atoms. The summed E-state index contributed by atoms with van der Waals surface area (Å²) < 4.78 is 13.6. The number of carbonyl (C=O) groups excluding carboxylic acids is 1. The van der Waals surface area contributed by atoms with E-state index in [0.717, 1.165) is 31.4 Å². The number of hydrogen-bond donors (Lipinski definition) is 3. The van der Waals surface area contributed by atoms with E-state index in [4.69, 9.17) is 0 Å². The first-order chi connectivity index (χ1) is 10.0. The van der Waals surface area contributed by atoms with E-state index in [1.165, 1.54) is 19.4 Å². The highest BCUT2D eigenvalue weighted by Gasteiger charge is 2.31. The Morgan fingerprint density at radius 1 is 1.33 bits per heavy atom. The molecule has 0 spiro atoms. The lowest BCUT2D eigenvalue weighted by atomic mass is 9.74. The summed E-state index contributed by atoms with van der Waals surface area (Å²) in [6, 6.07) is 4.57. The lowest BCUT2D eigenvalue weighted by molar-refractivity contribution is -0.114. The van der Waals surface area contributed by atoms with Gasteiger partial charge in [0.25, 0.3) is 0 Å². The first-order valence-electron chi connectivity index (χ1n) is 7.47. The third-order valence-electron chi connectivity index (χ3n) is 4.19. The highest BCUT2D eigenvalue weighted by Crippen LogP contribution is 2.36. The summed E-state index contributed by atoms with van der Waals surface area (Å²) >= 11 is 0. The van der Waals surface area contributed by atoms with Crippen LogP contribution in [0, 0.1) is 11.2 Å². The number of aliphatic hydroxyl groups excluding tert-OH is 1. The van der Waals surface area contributed by atoms with Crippen molar-refractivity contribution in [3.63, 3.8) is 0 Å². The van der Waals surface area contributed by atoms with Crippen LogP contribution in [-0.4, -0.2) is 24.2 Å². The molecule has 4 nitrogen and oxygen atoms in total. The monoisotopic (exact) mass is 294 g/mol. The zero-order chi connectivity index (χ0) is 15.3. The molecule has 0 unspecified atom stereocenters. The molecule has 0 aromatic heterocycles. The minimum atomic E-state index is -0.453. The molecule has 0 bridgehead atoms. The van der Waals surface area contributed by atoms with Gasteiger partial charge in [0.1, 0.15) is 5.82 Å².